The minimum absolute atomic E-state index is 0.0647. The Bertz CT molecular complexity index is 222. The SMILES string of the molecule is COCCOCCOCCC(=O)NCCCCC(C)C. The van der Waals surface area contributed by atoms with E-state index in [2.05, 4.69) is 19.2 Å². The van der Waals surface area contributed by atoms with E-state index in [1.165, 1.54) is 12.8 Å². The molecule has 0 aliphatic carbocycles. The van der Waals surface area contributed by atoms with Crippen LogP contribution in [0.15, 0.2) is 0 Å². The van der Waals surface area contributed by atoms with Gasteiger partial charge in [-0.15, -0.1) is 0 Å². The largest absolute Gasteiger partial charge is 0.382 e. The highest BCUT2D eigenvalue weighted by Gasteiger charge is 2.01. The number of hydrogen-bond donors (Lipinski definition) is 1. The van der Waals surface area contributed by atoms with Crippen molar-refractivity contribution in [3.63, 3.8) is 0 Å². The number of unbranched alkanes of at least 4 members (excludes halogenated alkanes) is 1. The predicted molar refractivity (Wildman–Crippen MR) is 79.8 cm³/mol. The summed E-state index contributed by atoms with van der Waals surface area (Å²) >= 11 is 0. The van der Waals surface area contributed by atoms with Crippen molar-refractivity contribution in [3.8, 4) is 0 Å². The maximum atomic E-state index is 11.5. The first kappa shape index (κ1) is 19.4. The lowest BCUT2D eigenvalue weighted by atomic mass is 10.1. The van der Waals surface area contributed by atoms with E-state index in [4.69, 9.17) is 14.2 Å². The molecule has 0 rings (SSSR count). The summed E-state index contributed by atoms with van der Waals surface area (Å²) < 4.78 is 15.4. The molecule has 0 aliphatic heterocycles. The van der Waals surface area contributed by atoms with Gasteiger partial charge in [-0.2, -0.15) is 0 Å². The first-order chi connectivity index (χ1) is 9.66. The third-order valence-corrected chi connectivity index (χ3v) is 2.81. The minimum atomic E-state index is 0.0647. The van der Waals surface area contributed by atoms with Crippen LogP contribution in [0.4, 0.5) is 0 Å². The number of hydrogen-bond acceptors (Lipinski definition) is 4. The zero-order chi connectivity index (χ0) is 15.1. The Balaban J connectivity index is 3.16. The molecule has 120 valence electrons. The Kier molecular flexibility index (Phi) is 14.3. The molecule has 5 nitrogen and oxygen atoms in total. The fraction of sp³-hybridized carbons (Fsp3) is 0.933. The quantitative estimate of drug-likeness (QED) is 0.497. The summed E-state index contributed by atoms with van der Waals surface area (Å²) in [5.74, 6) is 0.806. The molecule has 0 aromatic carbocycles. The van der Waals surface area contributed by atoms with E-state index >= 15 is 0 Å². The van der Waals surface area contributed by atoms with Crippen LogP contribution in [0.1, 0.15) is 39.5 Å². The van der Waals surface area contributed by atoms with E-state index in [1.54, 1.807) is 7.11 Å². The van der Waals surface area contributed by atoms with Crippen LogP contribution in [-0.4, -0.2) is 52.6 Å². The van der Waals surface area contributed by atoms with Gasteiger partial charge in [0.25, 0.3) is 0 Å². The summed E-state index contributed by atoms with van der Waals surface area (Å²) in [6, 6.07) is 0. The summed E-state index contributed by atoms with van der Waals surface area (Å²) in [5.41, 5.74) is 0. The maximum absolute atomic E-state index is 11.5. The molecule has 20 heavy (non-hydrogen) atoms. The molecular formula is C15H31NO4. The second-order valence-corrected chi connectivity index (χ2v) is 5.21. The Morgan fingerprint density at radius 2 is 1.65 bits per heavy atom. The number of methoxy groups -OCH3 is 1. The maximum Gasteiger partial charge on any atom is 0.222 e. The molecule has 0 spiro atoms. The van der Waals surface area contributed by atoms with Crippen LogP contribution in [0.5, 0.6) is 0 Å². The summed E-state index contributed by atoms with van der Waals surface area (Å²) in [6.45, 7) is 7.89. The van der Waals surface area contributed by atoms with E-state index < -0.39 is 0 Å². The normalized spacial score (nSPS) is 11.0. The third-order valence-electron chi connectivity index (χ3n) is 2.81. The molecule has 0 unspecified atom stereocenters. The first-order valence-corrected chi connectivity index (χ1v) is 7.58. The van der Waals surface area contributed by atoms with Gasteiger partial charge in [0.15, 0.2) is 0 Å². The Labute approximate surface area is 123 Å². The van der Waals surface area contributed by atoms with Gasteiger partial charge in [-0.05, 0) is 12.3 Å². The fourth-order valence-corrected chi connectivity index (χ4v) is 1.62. The van der Waals surface area contributed by atoms with Crippen molar-refractivity contribution in [2.45, 2.75) is 39.5 Å². The number of nitrogens with one attached hydrogen (secondary N) is 1. The number of carbonyl (C=O) groups is 1. The molecule has 5 heteroatoms. The highest BCUT2D eigenvalue weighted by atomic mass is 16.5. The summed E-state index contributed by atoms with van der Waals surface area (Å²) in [6.07, 6.45) is 3.87. The van der Waals surface area contributed by atoms with Crippen LogP contribution in [0.25, 0.3) is 0 Å². The molecule has 0 heterocycles. The molecule has 0 aromatic rings. The van der Waals surface area contributed by atoms with Crippen molar-refractivity contribution < 1.29 is 19.0 Å². The van der Waals surface area contributed by atoms with Gasteiger partial charge in [0.05, 0.1) is 33.0 Å². The van der Waals surface area contributed by atoms with Crippen molar-refractivity contribution in [1.29, 1.82) is 0 Å². The van der Waals surface area contributed by atoms with Crippen LogP contribution in [0, 0.1) is 5.92 Å². The average molecular weight is 289 g/mol. The Morgan fingerprint density at radius 1 is 1.00 bits per heavy atom. The van der Waals surface area contributed by atoms with E-state index in [9.17, 15) is 4.79 Å². The molecule has 0 radical (unpaired) electrons. The van der Waals surface area contributed by atoms with Crippen molar-refractivity contribution in [1.82, 2.24) is 5.32 Å². The van der Waals surface area contributed by atoms with Crippen LogP contribution < -0.4 is 5.32 Å². The highest BCUT2D eigenvalue weighted by Crippen LogP contribution is 2.04. The van der Waals surface area contributed by atoms with Crippen LogP contribution in [-0.2, 0) is 19.0 Å². The Hall–Kier alpha value is -0.650. The number of carbonyl (C=O) groups excluding carboxylic acids is 1. The fourth-order valence-electron chi connectivity index (χ4n) is 1.62. The van der Waals surface area contributed by atoms with Gasteiger partial charge in [-0.1, -0.05) is 26.7 Å². The van der Waals surface area contributed by atoms with Gasteiger partial charge in [-0.25, -0.2) is 0 Å². The molecule has 0 aromatic heterocycles. The lowest BCUT2D eigenvalue weighted by Gasteiger charge is -2.07. The van der Waals surface area contributed by atoms with Gasteiger partial charge in [0.2, 0.25) is 5.91 Å². The van der Waals surface area contributed by atoms with Gasteiger partial charge in [-0.3, -0.25) is 4.79 Å². The molecule has 0 fully saturated rings. The standard InChI is InChI=1S/C15H31NO4/c1-14(2)6-4-5-8-16-15(17)7-9-19-12-13-20-11-10-18-3/h14H,4-13H2,1-3H3,(H,16,17). The van der Waals surface area contributed by atoms with Gasteiger partial charge < -0.3 is 19.5 Å². The van der Waals surface area contributed by atoms with E-state index in [0.717, 1.165) is 18.9 Å². The van der Waals surface area contributed by atoms with Gasteiger partial charge >= 0.3 is 0 Å². The smallest absolute Gasteiger partial charge is 0.222 e. The summed E-state index contributed by atoms with van der Waals surface area (Å²) in [4.78, 5) is 11.5. The van der Waals surface area contributed by atoms with Crippen LogP contribution in [0.2, 0.25) is 0 Å². The lowest BCUT2D eigenvalue weighted by Crippen LogP contribution is -2.25. The zero-order valence-corrected chi connectivity index (χ0v) is 13.3. The van der Waals surface area contributed by atoms with E-state index in [1.807, 2.05) is 0 Å². The van der Waals surface area contributed by atoms with Crippen molar-refractivity contribution >= 4 is 5.91 Å². The Morgan fingerprint density at radius 3 is 2.30 bits per heavy atom. The van der Waals surface area contributed by atoms with Crippen LogP contribution >= 0.6 is 0 Å². The molecule has 0 saturated carbocycles. The molecule has 1 amide bonds. The third kappa shape index (κ3) is 15.4. The molecule has 1 N–H and O–H groups in total. The molecular weight excluding hydrogens is 258 g/mol. The van der Waals surface area contributed by atoms with Gasteiger partial charge in [0, 0.05) is 20.1 Å². The molecule has 0 aliphatic rings. The predicted octanol–water partition coefficient (Wildman–Crippen LogP) is 2.00. The lowest BCUT2D eigenvalue weighted by molar-refractivity contribution is -0.122. The zero-order valence-electron chi connectivity index (χ0n) is 13.3. The van der Waals surface area contributed by atoms with E-state index in [-0.39, 0.29) is 5.91 Å². The summed E-state index contributed by atoms with van der Waals surface area (Å²) in [7, 11) is 1.64. The minimum Gasteiger partial charge on any atom is -0.382 e. The second-order valence-electron chi connectivity index (χ2n) is 5.21. The highest BCUT2D eigenvalue weighted by molar-refractivity contribution is 5.75. The van der Waals surface area contributed by atoms with Crippen molar-refractivity contribution in [3.05, 3.63) is 0 Å². The molecule has 0 bridgehead atoms. The molecule has 0 saturated heterocycles. The topological polar surface area (TPSA) is 56.8 Å². The first-order valence-electron chi connectivity index (χ1n) is 7.58. The second kappa shape index (κ2) is 14.8. The van der Waals surface area contributed by atoms with E-state index in [0.29, 0.717) is 39.5 Å². The monoisotopic (exact) mass is 289 g/mol. The average Bonchev–Trinajstić information content (AvgIpc) is 2.41. The summed E-state index contributed by atoms with van der Waals surface area (Å²) in [5, 5.41) is 2.91. The van der Waals surface area contributed by atoms with Crippen molar-refractivity contribution in [2.24, 2.45) is 5.92 Å². The van der Waals surface area contributed by atoms with Crippen molar-refractivity contribution in [2.75, 3.05) is 46.7 Å². The molecule has 0 atom stereocenters. The number of amides is 1. The number of rotatable bonds is 14. The number of ether oxygens (including phenoxy) is 3. The van der Waals surface area contributed by atoms with Crippen LogP contribution in [0.3, 0.4) is 0 Å². The van der Waals surface area contributed by atoms with Gasteiger partial charge in [0.1, 0.15) is 0 Å².